The number of hydrogen-bond acceptors (Lipinski definition) is 4. The molecule has 0 aliphatic carbocycles. The third-order valence-electron chi connectivity index (χ3n) is 5.44. The maximum atomic E-state index is 13.2. The zero-order chi connectivity index (χ0) is 22.0. The minimum absolute atomic E-state index is 0.0804. The van der Waals surface area contributed by atoms with Gasteiger partial charge in [0.05, 0.1) is 5.69 Å². The van der Waals surface area contributed by atoms with Crippen molar-refractivity contribution in [1.82, 2.24) is 5.32 Å². The fraction of sp³-hybridized carbons (Fsp3) is 0.160. The number of barbiturate groups is 1. The summed E-state index contributed by atoms with van der Waals surface area (Å²) in [5, 5.41) is 3.95. The van der Waals surface area contributed by atoms with E-state index in [9.17, 15) is 14.4 Å². The molecule has 3 aromatic carbocycles. The third kappa shape index (κ3) is 3.80. The molecule has 0 radical (unpaired) electrons. The highest BCUT2D eigenvalue weighted by atomic mass is 16.2. The average Bonchev–Trinajstić information content (AvgIpc) is 2.78. The number of urea groups is 1. The van der Waals surface area contributed by atoms with Crippen LogP contribution in [0.15, 0.2) is 72.3 Å². The first-order chi connectivity index (χ1) is 15.0. The quantitative estimate of drug-likeness (QED) is 0.499. The van der Waals surface area contributed by atoms with Crippen LogP contribution in [0.1, 0.15) is 19.4 Å². The lowest BCUT2D eigenvalue weighted by Gasteiger charge is -2.27. The Morgan fingerprint density at radius 1 is 0.871 bits per heavy atom. The van der Waals surface area contributed by atoms with Gasteiger partial charge in [-0.15, -0.1) is 0 Å². The Bertz CT molecular complexity index is 1190. The van der Waals surface area contributed by atoms with Crippen molar-refractivity contribution >= 4 is 46.1 Å². The topological polar surface area (TPSA) is 69.7 Å². The van der Waals surface area contributed by atoms with Gasteiger partial charge >= 0.3 is 6.03 Å². The molecule has 1 aliphatic heterocycles. The second-order valence-electron chi connectivity index (χ2n) is 7.22. The van der Waals surface area contributed by atoms with Crippen LogP contribution in [0.4, 0.5) is 16.2 Å². The van der Waals surface area contributed by atoms with Crippen LogP contribution in [-0.2, 0) is 9.59 Å². The van der Waals surface area contributed by atoms with E-state index < -0.39 is 17.8 Å². The Morgan fingerprint density at radius 3 is 2.26 bits per heavy atom. The van der Waals surface area contributed by atoms with Crippen LogP contribution < -0.4 is 15.1 Å². The molecule has 0 saturated carbocycles. The van der Waals surface area contributed by atoms with Gasteiger partial charge in [0.2, 0.25) is 0 Å². The van der Waals surface area contributed by atoms with E-state index in [1.807, 2.05) is 54.6 Å². The summed E-state index contributed by atoms with van der Waals surface area (Å²) in [6, 6.07) is 19.8. The monoisotopic (exact) mass is 413 g/mol. The molecule has 4 amide bonds. The number of rotatable bonds is 5. The van der Waals surface area contributed by atoms with Gasteiger partial charge in [0.15, 0.2) is 0 Å². The Hall–Kier alpha value is -3.93. The molecule has 31 heavy (non-hydrogen) atoms. The van der Waals surface area contributed by atoms with Crippen LogP contribution in [0, 0.1) is 0 Å². The van der Waals surface area contributed by atoms with Crippen molar-refractivity contribution < 1.29 is 14.4 Å². The molecule has 0 bridgehead atoms. The summed E-state index contributed by atoms with van der Waals surface area (Å²) in [5.74, 6) is -1.34. The van der Waals surface area contributed by atoms with Crippen molar-refractivity contribution in [3.8, 4) is 0 Å². The molecule has 4 rings (SSSR count). The van der Waals surface area contributed by atoms with Crippen LogP contribution in [-0.4, -0.2) is 30.9 Å². The van der Waals surface area contributed by atoms with Gasteiger partial charge in [-0.3, -0.25) is 14.9 Å². The van der Waals surface area contributed by atoms with Crippen LogP contribution >= 0.6 is 0 Å². The largest absolute Gasteiger partial charge is 0.372 e. The van der Waals surface area contributed by atoms with Crippen LogP contribution in [0.2, 0.25) is 0 Å². The zero-order valence-electron chi connectivity index (χ0n) is 17.5. The smallest absolute Gasteiger partial charge is 0.335 e. The van der Waals surface area contributed by atoms with Gasteiger partial charge in [-0.05, 0) is 49.1 Å². The summed E-state index contributed by atoms with van der Waals surface area (Å²) < 4.78 is 0. The predicted molar refractivity (Wildman–Crippen MR) is 123 cm³/mol. The Balaban J connectivity index is 1.71. The second-order valence-corrected chi connectivity index (χ2v) is 7.22. The maximum Gasteiger partial charge on any atom is 0.335 e. The van der Waals surface area contributed by atoms with E-state index in [0.717, 1.165) is 34.4 Å². The number of fused-ring (bicyclic) bond motifs is 1. The number of anilines is 2. The molecule has 6 nitrogen and oxygen atoms in total. The summed E-state index contributed by atoms with van der Waals surface area (Å²) in [6.45, 7) is 5.95. The molecule has 156 valence electrons. The lowest BCUT2D eigenvalue weighted by atomic mass is 10.0. The summed E-state index contributed by atoms with van der Waals surface area (Å²) in [4.78, 5) is 41.5. The molecule has 0 aromatic heterocycles. The normalized spacial score (nSPS) is 15.5. The minimum Gasteiger partial charge on any atom is -0.372 e. The number of nitrogens with one attached hydrogen (secondary N) is 1. The summed E-state index contributed by atoms with van der Waals surface area (Å²) in [5.41, 5.74) is 2.14. The van der Waals surface area contributed by atoms with E-state index in [4.69, 9.17) is 0 Å². The molecule has 1 aliphatic rings. The van der Waals surface area contributed by atoms with E-state index in [0.29, 0.717) is 11.3 Å². The molecule has 1 saturated heterocycles. The molecule has 3 aromatic rings. The fourth-order valence-corrected chi connectivity index (χ4v) is 3.82. The van der Waals surface area contributed by atoms with Gasteiger partial charge in [-0.25, -0.2) is 9.69 Å². The Morgan fingerprint density at radius 2 is 1.55 bits per heavy atom. The number of amides is 4. The Kier molecular flexibility index (Phi) is 5.54. The molecule has 0 spiro atoms. The van der Waals surface area contributed by atoms with E-state index in [-0.39, 0.29) is 5.57 Å². The van der Waals surface area contributed by atoms with Crippen molar-refractivity contribution in [3.05, 3.63) is 77.9 Å². The molecular weight excluding hydrogens is 390 g/mol. The number of carbonyl (C=O) groups excluding carboxylic acids is 3. The lowest BCUT2D eigenvalue weighted by molar-refractivity contribution is -0.122. The van der Waals surface area contributed by atoms with Gasteiger partial charge in [-0.2, -0.15) is 0 Å². The third-order valence-corrected chi connectivity index (χ3v) is 5.44. The first-order valence-corrected chi connectivity index (χ1v) is 10.3. The van der Waals surface area contributed by atoms with Crippen molar-refractivity contribution in [2.24, 2.45) is 0 Å². The molecule has 6 heteroatoms. The number of imide groups is 2. The van der Waals surface area contributed by atoms with Crippen molar-refractivity contribution in [3.63, 3.8) is 0 Å². The van der Waals surface area contributed by atoms with Gasteiger partial charge in [0.25, 0.3) is 11.8 Å². The van der Waals surface area contributed by atoms with Crippen molar-refractivity contribution in [1.29, 1.82) is 0 Å². The number of benzene rings is 3. The molecule has 1 heterocycles. The zero-order valence-corrected chi connectivity index (χ0v) is 17.5. The highest BCUT2D eigenvalue weighted by molar-refractivity contribution is 6.40. The van der Waals surface area contributed by atoms with E-state index >= 15 is 0 Å². The molecule has 1 N–H and O–H groups in total. The second kappa shape index (κ2) is 8.44. The van der Waals surface area contributed by atoms with Crippen molar-refractivity contribution in [2.75, 3.05) is 22.9 Å². The molecule has 1 fully saturated rings. The first-order valence-electron chi connectivity index (χ1n) is 10.3. The highest BCUT2D eigenvalue weighted by Crippen LogP contribution is 2.30. The van der Waals surface area contributed by atoms with Gasteiger partial charge in [-0.1, -0.05) is 48.5 Å². The number of nitrogens with zero attached hydrogens (tertiary/aromatic N) is 2. The van der Waals surface area contributed by atoms with Crippen LogP contribution in [0.5, 0.6) is 0 Å². The van der Waals surface area contributed by atoms with Crippen molar-refractivity contribution in [2.45, 2.75) is 13.8 Å². The van der Waals surface area contributed by atoms with Gasteiger partial charge < -0.3 is 4.90 Å². The SMILES string of the molecule is CCN(CC)c1ccc(/C=C2\C(=O)NC(=O)N(c3cccc4ccccc34)C2=O)cc1. The van der Waals surface area contributed by atoms with E-state index in [1.54, 1.807) is 12.1 Å². The molecular formula is C25H23N3O3. The van der Waals surface area contributed by atoms with Crippen LogP contribution in [0.25, 0.3) is 16.8 Å². The number of hydrogen-bond donors (Lipinski definition) is 1. The first kappa shape index (κ1) is 20.3. The summed E-state index contributed by atoms with van der Waals surface area (Å²) in [6.07, 6.45) is 1.52. The lowest BCUT2D eigenvalue weighted by Crippen LogP contribution is -2.54. The van der Waals surface area contributed by atoms with Gasteiger partial charge in [0, 0.05) is 24.2 Å². The minimum atomic E-state index is -0.750. The summed E-state index contributed by atoms with van der Waals surface area (Å²) >= 11 is 0. The van der Waals surface area contributed by atoms with E-state index in [2.05, 4.69) is 24.1 Å². The van der Waals surface area contributed by atoms with Gasteiger partial charge in [0.1, 0.15) is 5.57 Å². The molecule has 0 atom stereocenters. The average molecular weight is 413 g/mol. The Labute approximate surface area is 180 Å². The predicted octanol–water partition coefficient (Wildman–Crippen LogP) is 4.35. The molecule has 0 unspecified atom stereocenters. The maximum absolute atomic E-state index is 13.2. The highest BCUT2D eigenvalue weighted by Gasteiger charge is 2.37. The van der Waals surface area contributed by atoms with Crippen LogP contribution in [0.3, 0.4) is 0 Å². The summed E-state index contributed by atoms with van der Waals surface area (Å²) in [7, 11) is 0. The van der Waals surface area contributed by atoms with E-state index in [1.165, 1.54) is 6.08 Å². The fourth-order valence-electron chi connectivity index (χ4n) is 3.82. The standard InChI is InChI=1S/C25H23N3O3/c1-3-27(4-2)19-14-12-17(13-15-19)16-21-23(29)26-25(31)28(24(21)30)22-11-7-9-18-8-5-6-10-20(18)22/h5-16H,3-4H2,1-2H3,(H,26,29,31)/b21-16+. The number of carbonyl (C=O) groups is 3.